The molecule has 0 amide bonds. The van der Waals surface area contributed by atoms with Gasteiger partial charge in [-0.05, 0) is 17.7 Å². The van der Waals surface area contributed by atoms with Crippen molar-refractivity contribution in [3.05, 3.63) is 133 Å². The smallest absolute Gasteiger partial charge is 0.160 e. The van der Waals surface area contributed by atoms with Crippen molar-refractivity contribution in [1.82, 2.24) is 15.0 Å². The lowest BCUT2D eigenvalue weighted by Gasteiger charge is -2.10. The summed E-state index contributed by atoms with van der Waals surface area (Å²) >= 11 is 0. The summed E-state index contributed by atoms with van der Waals surface area (Å²) in [5.41, 5.74) is 9.62. The van der Waals surface area contributed by atoms with Crippen LogP contribution in [-0.2, 0) is 0 Å². The molecule has 2 aromatic heterocycles. The van der Waals surface area contributed by atoms with Crippen LogP contribution in [0.5, 0.6) is 0 Å². The van der Waals surface area contributed by atoms with Crippen LogP contribution in [0.15, 0.2) is 133 Å². The molecule has 7 aromatic rings. The second-order valence-corrected chi connectivity index (χ2v) is 9.17. The van der Waals surface area contributed by atoms with Crippen molar-refractivity contribution in [1.29, 1.82) is 0 Å². The molecule has 3 nitrogen and oxygen atoms in total. The highest BCUT2D eigenvalue weighted by Gasteiger charge is 2.12. The zero-order valence-corrected chi connectivity index (χ0v) is 20.1. The Labute approximate surface area is 215 Å². The highest BCUT2D eigenvalue weighted by atomic mass is 14.9. The van der Waals surface area contributed by atoms with Gasteiger partial charge < -0.3 is 4.98 Å². The molecule has 0 aliphatic carbocycles. The minimum atomic E-state index is 0.718. The quantitative estimate of drug-likeness (QED) is 0.277. The molecule has 37 heavy (non-hydrogen) atoms. The molecule has 0 bridgehead atoms. The van der Waals surface area contributed by atoms with E-state index in [0.29, 0.717) is 0 Å². The normalized spacial score (nSPS) is 11.2. The molecule has 0 fully saturated rings. The van der Waals surface area contributed by atoms with Gasteiger partial charge in [-0.25, -0.2) is 9.97 Å². The standard InChI is InChI=1S/C34H23N3/c1-3-10-24(11-4-1)31-22-32(25-12-5-2-6-13-25)37-34(36-31)26-20-18-23(19-21-26)27-15-9-16-29-28-14-7-8-17-30(28)35-33(27)29/h1-22,35H. The number of aromatic amines is 1. The maximum absolute atomic E-state index is 4.96. The lowest BCUT2D eigenvalue weighted by Crippen LogP contribution is -1.96. The molecule has 0 unspecified atom stereocenters. The van der Waals surface area contributed by atoms with Crippen molar-refractivity contribution in [3.63, 3.8) is 0 Å². The zero-order chi connectivity index (χ0) is 24.6. The highest BCUT2D eigenvalue weighted by Crippen LogP contribution is 2.34. The Bertz CT molecular complexity index is 1790. The van der Waals surface area contributed by atoms with E-state index in [1.54, 1.807) is 0 Å². The fourth-order valence-electron chi connectivity index (χ4n) is 5.00. The van der Waals surface area contributed by atoms with E-state index in [9.17, 15) is 0 Å². The van der Waals surface area contributed by atoms with Crippen LogP contribution < -0.4 is 0 Å². The van der Waals surface area contributed by atoms with Crippen molar-refractivity contribution in [2.45, 2.75) is 0 Å². The van der Waals surface area contributed by atoms with Crippen LogP contribution in [0.25, 0.3) is 66.8 Å². The van der Waals surface area contributed by atoms with Crippen molar-refractivity contribution in [2.75, 3.05) is 0 Å². The van der Waals surface area contributed by atoms with E-state index >= 15 is 0 Å². The number of hydrogen-bond acceptors (Lipinski definition) is 2. The molecule has 0 atom stereocenters. The van der Waals surface area contributed by atoms with Crippen LogP contribution >= 0.6 is 0 Å². The molecule has 0 radical (unpaired) electrons. The summed E-state index contributed by atoms with van der Waals surface area (Å²) in [7, 11) is 0. The molecule has 1 N–H and O–H groups in total. The zero-order valence-electron chi connectivity index (χ0n) is 20.1. The van der Waals surface area contributed by atoms with Crippen molar-refractivity contribution in [2.24, 2.45) is 0 Å². The molecule has 7 rings (SSSR count). The maximum atomic E-state index is 4.96. The van der Waals surface area contributed by atoms with E-state index in [1.807, 2.05) is 36.4 Å². The summed E-state index contributed by atoms with van der Waals surface area (Å²) in [6.07, 6.45) is 0. The van der Waals surface area contributed by atoms with Crippen LogP contribution in [0.2, 0.25) is 0 Å². The number of hydrogen-bond donors (Lipinski definition) is 1. The first kappa shape index (κ1) is 21.3. The van der Waals surface area contributed by atoms with Crippen molar-refractivity contribution >= 4 is 21.8 Å². The molecular weight excluding hydrogens is 450 g/mol. The summed E-state index contributed by atoms with van der Waals surface area (Å²) < 4.78 is 0. The first-order valence-corrected chi connectivity index (χ1v) is 12.4. The predicted octanol–water partition coefficient (Wildman–Crippen LogP) is 8.78. The summed E-state index contributed by atoms with van der Waals surface area (Å²) in [6, 6.07) is 46.1. The second-order valence-electron chi connectivity index (χ2n) is 9.17. The van der Waals surface area contributed by atoms with Crippen molar-refractivity contribution < 1.29 is 0 Å². The van der Waals surface area contributed by atoms with Gasteiger partial charge in [-0.2, -0.15) is 0 Å². The molecule has 3 heteroatoms. The van der Waals surface area contributed by atoms with Crippen LogP contribution in [0.3, 0.4) is 0 Å². The summed E-state index contributed by atoms with van der Waals surface area (Å²) in [6.45, 7) is 0. The van der Waals surface area contributed by atoms with Gasteiger partial charge in [-0.3, -0.25) is 0 Å². The van der Waals surface area contributed by atoms with Crippen LogP contribution in [0.1, 0.15) is 0 Å². The number of aromatic nitrogens is 3. The van der Waals surface area contributed by atoms with Gasteiger partial charge in [0.15, 0.2) is 5.82 Å². The number of benzene rings is 5. The molecule has 2 heterocycles. The topological polar surface area (TPSA) is 41.6 Å². The number of H-pyrrole nitrogens is 1. The predicted molar refractivity (Wildman–Crippen MR) is 153 cm³/mol. The molecule has 0 saturated heterocycles. The van der Waals surface area contributed by atoms with Crippen molar-refractivity contribution in [3.8, 4) is 45.0 Å². The van der Waals surface area contributed by atoms with Gasteiger partial charge in [0.2, 0.25) is 0 Å². The van der Waals surface area contributed by atoms with Gasteiger partial charge in [0.1, 0.15) is 0 Å². The van der Waals surface area contributed by atoms with E-state index < -0.39 is 0 Å². The summed E-state index contributed by atoms with van der Waals surface area (Å²) in [5.74, 6) is 0.718. The SMILES string of the molecule is c1ccc(-c2cc(-c3ccccc3)nc(-c3ccc(-c4cccc5c4[nH]c4ccccc45)cc3)n2)cc1. The minimum absolute atomic E-state index is 0.718. The Morgan fingerprint density at radius 1 is 0.432 bits per heavy atom. The lowest BCUT2D eigenvalue weighted by atomic mass is 10.0. The van der Waals surface area contributed by atoms with Gasteiger partial charge >= 0.3 is 0 Å². The van der Waals surface area contributed by atoms with E-state index in [4.69, 9.17) is 9.97 Å². The molecule has 0 aliphatic rings. The van der Waals surface area contributed by atoms with E-state index in [2.05, 4.69) is 102 Å². The molecule has 174 valence electrons. The number of nitrogens with one attached hydrogen (secondary N) is 1. The summed E-state index contributed by atoms with van der Waals surface area (Å²) in [4.78, 5) is 13.5. The van der Waals surface area contributed by atoms with E-state index in [-0.39, 0.29) is 0 Å². The van der Waals surface area contributed by atoms with Gasteiger partial charge in [-0.15, -0.1) is 0 Å². The van der Waals surface area contributed by atoms with Crippen LogP contribution in [0.4, 0.5) is 0 Å². The summed E-state index contributed by atoms with van der Waals surface area (Å²) in [5, 5.41) is 2.49. The fraction of sp³-hybridized carbons (Fsp3) is 0. The van der Waals surface area contributed by atoms with Gasteiger partial charge in [-0.1, -0.05) is 121 Å². The first-order valence-electron chi connectivity index (χ1n) is 12.4. The molecule has 0 saturated carbocycles. The first-order chi connectivity index (χ1) is 18.3. The molecular formula is C34H23N3. The number of rotatable bonds is 4. The Balaban J connectivity index is 1.33. The molecule has 5 aromatic carbocycles. The average Bonchev–Trinajstić information content (AvgIpc) is 3.37. The largest absolute Gasteiger partial charge is 0.354 e. The van der Waals surface area contributed by atoms with Gasteiger partial charge in [0.05, 0.1) is 16.9 Å². The van der Waals surface area contributed by atoms with E-state index in [1.165, 1.54) is 16.3 Å². The monoisotopic (exact) mass is 473 g/mol. The molecule has 0 aliphatic heterocycles. The van der Waals surface area contributed by atoms with Crippen LogP contribution in [-0.4, -0.2) is 15.0 Å². The number of nitrogens with zero attached hydrogens (tertiary/aromatic N) is 2. The Hall–Kier alpha value is -5.02. The van der Waals surface area contributed by atoms with Gasteiger partial charge in [0, 0.05) is 38.5 Å². The number of fused-ring (bicyclic) bond motifs is 3. The van der Waals surface area contributed by atoms with Gasteiger partial charge in [0.25, 0.3) is 0 Å². The van der Waals surface area contributed by atoms with E-state index in [0.717, 1.165) is 50.5 Å². The fourth-order valence-corrected chi connectivity index (χ4v) is 5.00. The highest BCUT2D eigenvalue weighted by molar-refractivity contribution is 6.11. The third-order valence-corrected chi connectivity index (χ3v) is 6.86. The number of para-hydroxylation sites is 2. The lowest BCUT2D eigenvalue weighted by molar-refractivity contribution is 1.18. The Morgan fingerprint density at radius 3 is 1.68 bits per heavy atom. The Morgan fingerprint density at radius 2 is 1.00 bits per heavy atom. The third kappa shape index (κ3) is 3.87. The Kier molecular flexibility index (Phi) is 5.11. The minimum Gasteiger partial charge on any atom is -0.354 e. The third-order valence-electron chi connectivity index (χ3n) is 6.86. The van der Waals surface area contributed by atoms with Crippen LogP contribution in [0, 0.1) is 0 Å². The molecule has 0 spiro atoms. The second kappa shape index (κ2) is 8.89. The maximum Gasteiger partial charge on any atom is 0.160 e. The average molecular weight is 474 g/mol.